The topological polar surface area (TPSA) is 51.2 Å². The summed E-state index contributed by atoms with van der Waals surface area (Å²) in [6, 6.07) is 14.1. The molecule has 0 amide bonds. The lowest BCUT2D eigenvalue weighted by Gasteiger charge is -2.16. The summed E-state index contributed by atoms with van der Waals surface area (Å²) >= 11 is 5.88. The van der Waals surface area contributed by atoms with Crippen LogP contribution in [0.15, 0.2) is 51.4 Å². The monoisotopic (exact) mass is 456 g/mol. The Morgan fingerprint density at radius 1 is 1.24 bits per heavy atom. The molecule has 0 radical (unpaired) electrons. The van der Waals surface area contributed by atoms with Crippen molar-refractivity contribution in [1.29, 1.82) is 0 Å². The molecule has 21 heavy (non-hydrogen) atoms. The third-order valence-corrected chi connectivity index (χ3v) is 4.87. The number of hydrogen-bond acceptors (Lipinski definition) is 3. The highest BCUT2D eigenvalue weighted by Crippen LogP contribution is 2.33. The number of furan rings is 1. The van der Waals surface area contributed by atoms with Crippen molar-refractivity contribution < 1.29 is 4.42 Å². The molecule has 0 bridgehead atoms. The number of fused-ring (bicyclic) bond motifs is 1. The van der Waals surface area contributed by atoms with Crippen LogP contribution in [0.25, 0.3) is 11.0 Å². The Morgan fingerprint density at radius 2 is 2.05 bits per heavy atom. The average molecular weight is 457 g/mol. The van der Waals surface area contributed by atoms with Crippen LogP contribution in [-0.2, 0) is 0 Å². The van der Waals surface area contributed by atoms with E-state index < -0.39 is 0 Å². The van der Waals surface area contributed by atoms with Crippen molar-refractivity contribution in [2.75, 3.05) is 0 Å². The molecule has 0 aliphatic heterocycles. The predicted octanol–water partition coefficient (Wildman–Crippen LogP) is 4.66. The third-order valence-electron chi connectivity index (χ3n) is 3.48. The summed E-state index contributed by atoms with van der Waals surface area (Å²) in [5.41, 5.74) is 5.95. The van der Waals surface area contributed by atoms with Crippen LogP contribution in [0, 0.1) is 10.5 Å². The van der Waals surface area contributed by atoms with E-state index in [2.05, 4.69) is 50.0 Å². The van der Waals surface area contributed by atoms with E-state index in [4.69, 9.17) is 10.3 Å². The van der Waals surface area contributed by atoms with Crippen LogP contribution in [0.5, 0.6) is 0 Å². The Hall–Kier alpha value is -0.890. The molecule has 0 spiro atoms. The van der Waals surface area contributed by atoms with Gasteiger partial charge in [-0.05, 0) is 64.9 Å². The van der Waals surface area contributed by atoms with Gasteiger partial charge in [-0.25, -0.2) is 5.43 Å². The van der Waals surface area contributed by atoms with Crippen LogP contribution in [0.4, 0.5) is 0 Å². The highest BCUT2D eigenvalue weighted by Gasteiger charge is 2.20. The molecule has 108 valence electrons. The van der Waals surface area contributed by atoms with Gasteiger partial charge in [-0.1, -0.05) is 34.1 Å². The molecule has 2 aromatic carbocycles. The Labute approximate surface area is 145 Å². The van der Waals surface area contributed by atoms with Gasteiger partial charge in [0.1, 0.15) is 17.4 Å². The minimum atomic E-state index is -0.194. The molecular formula is C16H14BrIN2O. The SMILES string of the molecule is Cc1cccc2cc(C(NN)c3cc(I)ccc3Br)oc12. The summed E-state index contributed by atoms with van der Waals surface area (Å²) in [4.78, 5) is 0. The summed E-state index contributed by atoms with van der Waals surface area (Å²) in [5, 5.41) is 1.09. The molecule has 3 nitrogen and oxygen atoms in total. The van der Waals surface area contributed by atoms with Gasteiger partial charge in [-0.15, -0.1) is 0 Å². The van der Waals surface area contributed by atoms with Gasteiger partial charge in [0.25, 0.3) is 0 Å². The molecule has 3 rings (SSSR count). The average Bonchev–Trinajstić information content (AvgIpc) is 2.89. The molecule has 0 aliphatic carbocycles. The van der Waals surface area contributed by atoms with Crippen LogP contribution in [0.1, 0.15) is 22.9 Å². The van der Waals surface area contributed by atoms with E-state index in [0.717, 1.165) is 35.9 Å². The van der Waals surface area contributed by atoms with Gasteiger partial charge in [0, 0.05) is 13.4 Å². The van der Waals surface area contributed by atoms with Crippen LogP contribution in [0.3, 0.4) is 0 Å². The number of benzene rings is 2. The Kier molecular flexibility index (Phi) is 4.35. The van der Waals surface area contributed by atoms with Gasteiger partial charge in [0.05, 0.1) is 0 Å². The van der Waals surface area contributed by atoms with Crippen molar-refractivity contribution in [1.82, 2.24) is 5.43 Å². The zero-order valence-electron chi connectivity index (χ0n) is 11.4. The molecule has 0 fully saturated rings. The smallest absolute Gasteiger partial charge is 0.137 e. The fourth-order valence-electron chi connectivity index (χ4n) is 2.43. The zero-order chi connectivity index (χ0) is 15.0. The molecular weight excluding hydrogens is 443 g/mol. The van der Waals surface area contributed by atoms with Crippen LogP contribution < -0.4 is 11.3 Å². The van der Waals surface area contributed by atoms with Gasteiger partial charge in [0.15, 0.2) is 0 Å². The first kappa shape index (κ1) is 15.0. The van der Waals surface area contributed by atoms with Crippen molar-refractivity contribution in [2.24, 2.45) is 5.84 Å². The predicted molar refractivity (Wildman–Crippen MR) is 97.0 cm³/mol. The molecule has 0 saturated carbocycles. The lowest BCUT2D eigenvalue weighted by molar-refractivity contribution is 0.475. The second-order valence-corrected chi connectivity index (χ2v) is 7.01. The largest absolute Gasteiger partial charge is 0.459 e. The number of halogens is 2. The van der Waals surface area contributed by atoms with Crippen LogP contribution in [0.2, 0.25) is 0 Å². The van der Waals surface area contributed by atoms with E-state index in [-0.39, 0.29) is 6.04 Å². The number of nitrogens with two attached hydrogens (primary N) is 1. The summed E-state index contributed by atoms with van der Waals surface area (Å²) in [6.07, 6.45) is 0. The maximum atomic E-state index is 6.04. The standard InChI is InChI=1S/C16H14BrIN2O/c1-9-3-2-4-10-7-14(21-16(9)10)15(20-19)12-8-11(18)5-6-13(12)17/h2-8,15,20H,19H2,1H3. The lowest BCUT2D eigenvalue weighted by atomic mass is 10.0. The second-order valence-electron chi connectivity index (χ2n) is 4.91. The van der Waals surface area contributed by atoms with Crippen molar-refractivity contribution in [3.05, 3.63) is 67.4 Å². The zero-order valence-corrected chi connectivity index (χ0v) is 15.1. The van der Waals surface area contributed by atoms with E-state index in [9.17, 15) is 0 Å². The molecule has 1 heterocycles. The lowest BCUT2D eigenvalue weighted by Crippen LogP contribution is -2.28. The first-order chi connectivity index (χ1) is 10.1. The van der Waals surface area contributed by atoms with E-state index >= 15 is 0 Å². The summed E-state index contributed by atoms with van der Waals surface area (Å²) in [6.45, 7) is 2.04. The molecule has 0 aliphatic rings. The van der Waals surface area contributed by atoms with E-state index in [1.54, 1.807) is 0 Å². The highest BCUT2D eigenvalue weighted by molar-refractivity contribution is 14.1. The van der Waals surface area contributed by atoms with Gasteiger partial charge in [0.2, 0.25) is 0 Å². The Balaban J connectivity index is 2.13. The van der Waals surface area contributed by atoms with Crippen molar-refractivity contribution in [2.45, 2.75) is 13.0 Å². The quantitative estimate of drug-likeness (QED) is 0.342. The molecule has 3 aromatic rings. The van der Waals surface area contributed by atoms with Crippen LogP contribution in [-0.4, -0.2) is 0 Å². The summed E-state index contributed by atoms with van der Waals surface area (Å²) < 4.78 is 8.19. The first-order valence-corrected chi connectivity index (χ1v) is 8.37. The molecule has 0 saturated heterocycles. The second kappa shape index (κ2) is 6.08. The maximum absolute atomic E-state index is 6.04. The minimum absolute atomic E-state index is 0.194. The molecule has 1 unspecified atom stereocenters. The molecule has 1 atom stereocenters. The van der Waals surface area contributed by atoms with Gasteiger partial charge >= 0.3 is 0 Å². The maximum Gasteiger partial charge on any atom is 0.137 e. The van der Waals surface area contributed by atoms with E-state index in [0.29, 0.717) is 0 Å². The summed E-state index contributed by atoms with van der Waals surface area (Å²) in [7, 11) is 0. The normalized spacial score (nSPS) is 12.8. The van der Waals surface area contributed by atoms with Gasteiger partial charge < -0.3 is 4.42 Å². The number of hydrogen-bond donors (Lipinski definition) is 2. The number of nitrogens with one attached hydrogen (secondary N) is 1. The Bertz CT molecular complexity index is 800. The number of para-hydroxylation sites is 1. The highest BCUT2D eigenvalue weighted by atomic mass is 127. The minimum Gasteiger partial charge on any atom is -0.459 e. The van der Waals surface area contributed by atoms with Crippen LogP contribution >= 0.6 is 38.5 Å². The van der Waals surface area contributed by atoms with Crippen molar-refractivity contribution >= 4 is 49.5 Å². The molecule has 1 aromatic heterocycles. The molecule has 5 heteroatoms. The number of aryl methyl sites for hydroxylation is 1. The van der Waals surface area contributed by atoms with Gasteiger partial charge in [-0.2, -0.15) is 0 Å². The molecule has 3 N–H and O–H groups in total. The summed E-state index contributed by atoms with van der Waals surface area (Å²) in [5.74, 6) is 6.59. The fraction of sp³-hybridized carbons (Fsp3) is 0.125. The van der Waals surface area contributed by atoms with Crippen molar-refractivity contribution in [3.63, 3.8) is 0 Å². The Morgan fingerprint density at radius 3 is 2.76 bits per heavy atom. The first-order valence-electron chi connectivity index (χ1n) is 6.50. The third kappa shape index (κ3) is 2.88. The fourth-order valence-corrected chi connectivity index (χ4v) is 3.42. The van der Waals surface area contributed by atoms with Gasteiger partial charge in [-0.3, -0.25) is 5.84 Å². The number of rotatable bonds is 3. The van der Waals surface area contributed by atoms with E-state index in [1.807, 2.05) is 43.3 Å². The number of hydrazine groups is 1. The van der Waals surface area contributed by atoms with Crippen molar-refractivity contribution in [3.8, 4) is 0 Å². The van der Waals surface area contributed by atoms with E-state index in [1.165, 1.54) is 0 Å².